The number of hydrogen-bond acceptors (Lipinski definition) is 2. The molecule has 5 heteroatoms. The molecule has 0 radical (unpaired) electrons. The summed E-state index contributed by atoms with van der Waals surface area (Å²) in [5, 5.41) is 11.4. The Labute approximate surface area is 105 Å². The Hall–Kier alpha value is -1.91. The SMILES string of the molecule is Cc1cc(F)ccc1NC(=O)C(C)C(C)C(=O)O. The fraction of sp³-hybridized carbons (Fsp3) is 0.385. The maximum atomic E-state index is 12.9. The van der Waals surface area contributed by atoms with Gasteiger partial charge in [0.05, 0.1) is 5.92 Å². The van der Waals surface area contributed by atoms with Crippen LogP contribution in [0.2, 0.25) is 0 Å². The second-order valence-electron chi connectivity index (χ2n) is 4.36. The van der Waals surface area contributed by atoms with Gasteiger partial charge in [-0.2, -0.15) is 0 Å². The van der Waals surface area contributed by atoms with E-state index in [0.29, 0.717) is 11.3 Å². The van der Waals surface area contributed by atoms with Gasteiger partial charge in [-0.05, 0) is 30.7 Å². The Morgan fingerprint density at radius 3 is 2.39 bits per heavy atom. The molecule has 0 spiro atoms. The summed E-state index contributed by atoms with van der Waals surface area (Å²) in [4.78, 5) is 22.6. The lowest BCUT2D eigenvalue weighted by molar-refractivity contribution is -0.145. The molecular formula is C13H16FNO3. The monoisotopic (exact) mass is 253 g/mol. The van der Waals surface area contributed by atoms with Crippen LogP contribution in [-0.2, 0) is 9.59 Å². The molecule has 98 valence electrons. The minimum atomic E-state index is -1.02. The van der Waals surface area contributed by atoms with Gasteiger partial charge in [-0.15, -0.1) is 0 Å². The van der Waals surface area contributed by atoms with Gasteiger partial charge >= 0.3 is 5.97 Å². The zero-order valence-electron chi connectivity index (χ0n) is 10.5. The molecule has 0 aliphatic rings. The summed E-state index contributed by atoms with van der Waals surface area (Å²) in [6.07, 6.45) is 0. The third kappa shape index (κ3) is 3.29. The van der Waals surface area contributed by atoms with Gasteiger partial charge in [-0.1, -0.05) is 13.8 Å². The average molecular weight is 253 g/mol. The first-order valence-corrected chi connectivity index (χ1v) is 5.62. The summed E-state index contributed by atoms with van der Waals surface area (Å²) in [7, 11) is 0. The van der Waals surface area contributed by atoms with E-state index in [1.165, 1.54) is 25.1 Å². The van der Waals surface area contributed by atoms with Crippen molar-refractivity contribution >= 4 is 17.6 Å². The summed E-state index contributed by atoms with van der Waals surface area (Å²) >= 11 is 0. The van der Waals surface area contributed by atoms with Crippen LogP contribution in [0.15, 0.2) is 18.2 Å². The fourth-order valence-electron chi connectivity index (χ4n) is 1.45. The van der Waals surface area contributed by atoms with Gasteiger partial charge in [0.2, 0.25) is 5.91 Å². The summed E-state index contributed by atoms with van der Waals surface area (Å²) in [5.74, 6) is -3.22. The maximum absolute atomic E-state index is 12.9. The Morgan fingerprint density at radius 2 is 1.89 bits per heavy atom. The molecule has 0 heterocycles. The first-order chi connectivity index (χ1) is 8.32. The van der Waals surface area contributed by atoms with Crippen molar-refractivity contribution in [3.05, 3.63) is 29.6 Å². The van der Waals surface area contributed by atoms with Crippen molar-refractivity contribution in [3.63, 3.8) is 0 Å². The largest absolute Gasteiger partial charge is 0.481 e. The number of benzene rings is 1. The number of carboxylic acid groups (broad SMARTS) is 1. The molecule has 4 nitrogen and oxygen atoms in total. The van der Waals surface area contributed by atoms with Gasteiger partial charge < -0.3 is 10.4 Å². The van der Waals surface area contributed by atoms with Crippen LogP contribution < -0.4 is 5.32 Å². The number of aryl methyl sites for hydroxylation is 1. The number of hydrogen-bond donors (Lipinski definition) is 2. The number of rotatable bonds is 4. The number of halogens is 1. The van der Waals surface area contributed by atoms with E-state index in [1.807, 2.05) is 0 Å². The van der Waals surface area contributed by atoms with E-state index in [0.717, 1.165) is 0 Å². The smallest absolute Gasteiger partial charge is 0.307 e. The normalized spacial score (nSPS) is 13.8. The zero-order valence-corrected chi connectivity index (χ0v) is 10.5. The van der Waals surface area contributed by atoms with Crippen LogP contribution in [0.1, 0.15) is 19.4 Å². The highest BCUT2D eigenvalue weighted by atomic mass is 19.1. The molecule has 0 fully saturated rings. The van der Waals surface area contributed by atoms with Gasteiger partial charge in [0.1, 0.15) is 5.82 Å². The van der Waals surface area contributed by atoms with Crippen molar-refractivity contribution in [3.8, 4) is 0 Å². The number of carbonyl (C=O) groups is 2. The van der Waals surface area contributed by atoms with E-state index in [2.05, 4.69) is 5.32 Å². The Balaban J connectivity index is 2.78. The van der Waals surface area contributed by atoms with Crippen LogP contribution in [0, 0.1) is 24.6 Å². The summed E-state index contributed by atoms with van der Waals surface area (Å²) in [5.41, 5.74) is 1.09. The topological polar surface area (TPSA) is 66.4 Å². The van der Waals surface area contributed by atoms with Gasteiger partial charge in [0, 0.05) is 11.6 Å². The number of amides is 1. The van der Waals surface area contributed by atoms with E-state index >= 15 is 0 Å². The lowest BCUT2D eigenvalue weighted by atomic mass is 9.95. The molecule has 1 aromatic carbocycles. The standard InChI is InChI=1S/C13H16FNO3/c1-7-6-10(14)4-5-11(7)15-12(16)8(2)9(3)13(17)18/h4-6,8-9H,1-3H3,(H,15,16)(H,17,18). The van der Waals surface area contributed by atoms with Gasteiger partial charge in [-0.25, -0.2) is 4.39 Å². The number of anilines is 1. The van der Waals surface area contributed by atoms with Crippen molar-refractivity contribution in [2.24, 2.45) is 11.8 Å². The molecule has 1 amide bonds. The van der Waals surface area contributed by atoms with E-state index in [4.69, 9.17) is 5.11 Å². The molecule has 2 N–H and O–H groups in total. The molecule has 0 aliphatic carbocycles. The molecule has 1 rings (SSSR count). The highest BCUT2D eigenvalue weighted by Gasteiger charge is 2.25. The van der Waals surface area contributed by atoms with Gasteiger partial charge in [0.15, 0.2) is 0 Å². The first kappa shape index (κ1) is 14.2. The molecule has 0 saturated carbocycles. The minimum Gasteiger partial charge on any atom is -0.481 e. The average Bonchev–Trinajstić information content (AvgIpc) is 2.30. The number of nitrogens with one attached hydrogen (secondary N) is 1. The van der Waals surface area contributed by atoms with Gasteiger partial charge in [0.25, 0.3) is 0 Å². The highest BCUT2D eigenvalue weighted by Crippen LogP contribution is 2.19. The van der Waals surface area contributed by atoms with Crippen molar-refractivity contribution < 1.29 is 19.1 Å². The van der Waals surface area contributed by atoms with Crippen LogP contribution in [-0.4, -0.2) is 17.0 Å². The number of aliphatic carboxylic acids is 1. The molecule has 0 aromatic heterocycles. The van der Waals surface area contributed by atoms with E-state index in [1.54, 1.807) is 13.8 Å². The third-order valence-corrected chi connectivity index (χ3v) is 3.00. The molecule has 0 bridgehead atoms. The van der Waals surface area contributed by atoms with Crippen molar-refractivity contribution in [1.82, 2.24) is 0 Å². The van der Waals surface area contributed by atoms with Gasteiger partial charge in [-0.3, -0.25) is 9.59 Å². The summed E-state index contributed by atoms with van der Waals surface area (Å²) in [6.45, 7) is 4.70. The Bertz CT molecular complexity index is 473. The molecule has 0 saturated heterocycles. The lowest BCUT2D eigenvalue weighted by Gasteiger charge is -2.16. The molecule has 1 aromatic rings. The van der Waals surface area contributed by atoms with Crippen molar-refractivity contribution in [2.45, 2.75) is 20.8 Å². The van der Waals surface area contributed by atoms with Crippen molar-refractivity contribution in [2.75, 3.05) is 5.32 Å². The third-order valence-electron chi connectivity index (χ3n) is 3.00. The number of carbonyl (C=O) groups excluding carboxylic acids is 1. The van der Waals surface area contributed by atoms with Crippen LogP contribution in [0.25, 0.3) is 0 Å². The zero-order chi connectivity index (χ0) is 13.9. The quantitative estimate of drug-likeness (QED) is 0.866. The Morgan fingerprint density at radius 1 is 1.28 bits per heavy atom. The second kappa shape index (κ2) is 5.62. The summed E-state index contributed by atoms with van der Waals surface area (Å²) in [6, 6.07) is 4.01. The van der Waals surface area contributed by atoms with Crippen LogP contribution in [0.4, 0.5) is 10.1 Å². The van der Waals surface area contributed by atoms with E-state index in [9.17, 15) is 14.0 Å². The Kier molecular flexibility index (Phi) is 4.42. The van der Waals surface area contributed by atoms with Crippen molar-refractivity contribution in [1.29, 1.82) is 0 Å². The fourth-order valence-corrected chi connectivity index (χ4v) is 1.45. The molecular weight excluding hydrogens is 237 g/mol. The van der Waals surface area contributed by atoms with E-state index < -0.39 is 17.8 Å². The highest BCUT2D eigenvalue weighted by molar-refractivity contribution is 5.95. The van der Waals surface area contributed by atoms with Crippen LogP contribution in [0.5, 0.6) is 0 Å². The maximum Gasteiger partial charge on any atom is 0.307 e. The lowest BCUT2D eigenvalue weighted by Crippen LogP contribution is -2.30. The second-order valence-corrected chi connectivity index (χ2v) is 4.36. The number of carboxylic acids is 1. The van der Waals surface area contributed by atoms with Crippen LogP contribution >= 0.6 is 0 Å². The molecule has 2 atom stereocenters. The predicted molar refractivity (Wildman–Crippen MR) is 65.7 cm³/mol. The van der Waals surface area contributed by atoms with Crippen LogP contribution in [0.3, 0.4) is 0 Å². The molecule has 2 unspecified atom stereocenters. The molecule has 0 aliphatic heterocycles. The minimum absolute atomic E-state index is 0.377. The summed E-state index contributed by atoms with van der Waals surface area (Å²) < 4.78 is 12.9. The predicted octanol–water partition coefficient (Wildman–Crippen LogP) is 2.43. The molecule has 18 heavy (non-hydrogen) atoms. The first-order valence-electron chi connectivity index (χ1n) is 5.62. The van der Waals surface area contributed by atoms with E-state index in [-0.39, 0.29) is 11.7 Å².